The fourth-order valence-electron chi connectivity index (χ4n) is 1.96. The van der Waals surface area contributed by atoms with E-state index in [0.29, 0.717) is 49.4 Å². The molecule has 1 aliphatic heterocycles. The summed E-state index contributed by atoms with van der Waals surface area (Å²) in [5, 5.41) is 0. The maximum Gasteiger partial charge on any atom is 0.191 e. The third-order valence-electron chi connectivity index (χ3n) is 3.01. The van der Waals surface area contributed by atoms with Gasteiger partial charge >= 0.3 is 0 Å². The molecule has 7 nitrogen and oxygen atoms in total. The number of benzene rings is 2. The van der Waals surface area contributed by atoms with Gasteiger partial charge in [-0.15, -0.1) is 5.59 Å². The predicted octanol–water partition coefficient (Wildman–Crippen LogP) is 2.21. The Morgan fingerprint density at radius 2 is 1.30 bits per heavy atom. The van der Waals surface area contributed by atoms with Crippen LogP contribution in [0.3, 0.4) is 0 Å². The standard InChI is InChI=1S/C16H18N2O5/c1-2-6-14-13(5-1)20-11-9-19-10-12-21-17-18-23-16-8-4-3-7-15(16)22-14/h1-8,17-18H,9-12H2. The number of hydrogen-bond acceptors (Lipinski definition) is 7. The van der Waals surface area contributed by atoms with Gasteiger partial charge in [-0.1, -0.05) is 29.9 Å². The van der Waals surface area contributed by atoms with Crippen LogP contribution in [0.25, 0.3) is 0 Å². The van der Waals surface area contributed by atoms with E-state index in [1.807, 2.05) is 36.4 Å². The monoisotopic (exact) mass is 318 g/mol. The van der Waals surface area contributed by atoms with Crippen molar-refractivity contribution in [2.75, 3.05) is 26.4 Å². The van der Waals surface area contributed by atoms with Crippen LogP contribution in [0.2, 0.25) is 0 Å². The van der Waals surface area contributed by atoms with E-state index in [0.717, 1.165) is 0 Å². The molecule has 2 N–H and O–H groups in total. The maximum absolute atomic E-state index is 5.92. The third-order valence-corrected chi connectivity index (χ3v) is 3.01. The quantitative estimate of drug-likeness (QED) is 0.771. The van der Waals surface area contributed by atoms with E-state index in [1.165, 1.54) is 0 Å². The van der Waals surface area contributed by atoms with Gasteiger partial charge in [-0.3, -0.25) is 4.84 Å². The first-order chi connectivity index (χ1) is 11.4. The normalized spacial score (nSPS) is 16.3. The van der Waals surface area contributed by atoms with Crippen LogP contribution in [0.4, 0.5) is 0 Å². The molecule has 2 aromatic rings. The van der Waals surface area contributed by atoms with Crippen molar-refractivity contribution < 1.29 is 23.9 Å². The van der Waals surface area contributed by atoms with Gasteiger partial charge in [0.05, 0.1) is 19.8 Å². The van der Waals surface area contributed by atoms with Gasteiger partial charge in [-0.25, -0.2) is 0 Å². The first kappa shape index (κ1) is 15.6. The fourth-order valence-corrected chi connectivity index (χ4v) is 1.96. The molecule has 0 atom stereocenters. The van der Waals surface area contributed by atoms with E-state index in [9.17, 15) is 0 Å². The highest BCUT2D eigenvalue weighted by atomic mass is 16.8. The average molecular weight is 318 g/mol. The maximum atomic E-state index is 5.92. The number of hydrazine groups is 1. The molecule has 7 heteroatoms. The number of para-hydroxylation sites is 4. The minimum atomic E-state index is 0.366. The minimum Gasteiger partial charge on any atom is -0.487 e. The molecule has 3 rings (SSSR count). The number of hydrogen-bond donors (Lipinski definition) is 2. The van der Waals surface area contributed by atoms with Crippen molar-refractivity contribution in [2.45, 2.75) is 0 Å². The van der Waals surface area contributed by atoms with Crippen molar-refractivity contribution in [3.63, 3.8) is 0 Å². The Morgan fingerprint density at radius 3 is 2.13 bits per heavy atom. The second kappa shape index (κ2) is 8.35. The highest BCUT2D eigenvalue weighted by Gasteiger charge is 2.10. The van der Waals surface area contributed by atoms with Crippen molar-refractivity contribution in [3.8, 4) is 23.0 Å². The summed E-state index contributed by atoms with van der Waals surface area (Å²) in [6.07, 6.45) is 0. The lowest BCUT2D eigenvalue weighted by molar-refractivity contribution is -0.0777. The second-order valence-electron chi connectivity index (χ2n) is 4.61. The van der Waals surface area contributed by atoms with Gasteiger partial charge < -0.3 is 19.0 Å². The SMILES string of the molecule is c1ccc2c(c1)OCCOCCONNOc1ccccc1O2. The molecular weight excluding hydrogens is 300 g/mol. The van der Waals surface area contributed by atoms with Crippen LogP contribution in [0.1, 0.15) is 0 Å². The van der Waals surface area contributed by atoms with Crippen LogP contribution in [-0.2, 0) is 9.57 Å². The van der Waals surface area contributed by atoms with Gasteiger partial charge in [0.15, 0.2) is 23.0 Å². The molecule has 0 fully saturated rings. The van der Waals surface area contributed by atoms with Gasteiger partial charge in [0, 0.05) is 0 Å². The van der Waals surface area contributed by atoms with Gasteiger partial charge in [0.2, 0.25) is 0 Å². The Bertz CT molecular complexity index is 569. The van der Waals surface area contributed by atoms with Crippen molar-refractivity contribution >= 4 is 0 Å². The topological polar surface area (TPSA) is 70.2 Å². The molecule has 23 heavy (non-hydrogen) atoms. The minimum absolute atomic E-state index is 0.366. The van der Waals surface area contributed by atoms with Crippen LogP contribution in [0.15, 0.2) is 48.5 Å². The van der Waals surface area contributed by atoms with Crippen LogP contribution >= 0.6 is 0 Å². The lowest BCUT2D eigenvalue weighted by atomic mass is 10.3. The molecule has 122 valence electrons. The Hall–Kier alpha value is -2.32. The number of fused-ring (bicyclic) bond motifs is 2. The lowest BCUT2D eigenvalue weighted by Crippen LogP contribution is -2.35. The third kappa shape index (κ3) is 4.57. The molecule has 1 aliphatic rings. The Morgan fingerprint density at radius 1 is 0.652 bits per heavy atom. The molecule has 0 radical (unpaired) electrons. The van der Waals surface area contributed by atoms with E-state index in [2.05, 4.69) is 11.2 Å². The van der Waals surface area contributed by atoms with E-state index in [4.69, 9.17) is 23.9 Å². The summed E-state index contributed by atoms with van der Waals surface area (Å²) in [7, 11) is 0. The van der Waals surface area contributed by atoms with Crippen molar-refractivity contribution in [1.29, 1.82) is 0 Å². The zero-order valence-corrected chi connectivity index (χ0v) is 12.5. The van der Waals surface area contributed by atoms with Crippen LogP contribution < -0.4 is 25.5 Å². The van der Waals surface area contributed by atoms with E-state index in [1.54, 1.807) is 12.1 Å². The van der Waals surface area contributed by atoms with Crippen LogP contribution in [0.5, 0.6) is 23.0 Å². The highest BCUT2D eigenvalue weighted by Crippen LogP contribution is 2.35. The smallest absolute Gasteiger partial charge is 0.191 e. The molecule has 0 bridgehead atoms. The molecule has 0 unspecified atom stereocenters. The largest absolute Gasteiger partial charge is 0.487 e. The number of rotatable bonds is 0. The first-order valence-corrected chi connectivity index (χ1v) is 7.28. The molecule has 0 spiro atoms. The molecule has 0 saturated carbocycles. The molecular formula is C16H18N2O5. The van der Waals surface area contributed by atoms with Gasteiger partial charge in [0.25, 0.3) is 0 Å². The summed E-state index contributed by atoms with van der Waals surface area (Å²) in [5.74, 6) is 2.29. The fraction of sp³-hybridized carbons (Fsp3) is 0.250. The molecule has 0 amide bonds. The Balaban J connectivity index is 1.81. The summed E-state index contributed by atoms with van der Waals surface area (Å²) in [6, 6.07) is 14.7. The Labute approximate surface area is 133 Å². The van der Waals surface area contributed by atoms with Crippen molar-refractivity contribution in [3.05, 3.63) is 48.5 Å². The van der Waals surface area contributed by atoms with E-state index < -0.39 is 0 Å². The van der Waals surface area contributed by atoms with Crippen molar-refractivity contribution in [1.82, 2.24) is 11.2 Å². The van der Waals surface area contributed by atoms with E-state index in [-0.39, 0.29) is 0 Å². The summed E-state index contributed by atoms with van der Waals surface area (Å²) in [6.45, 7) is 1.68. The van der Waals surface area contributed by atoms with Gasteiger partial charge in [0.1, 0.15) is 6.61 Å². The molecule has 0 saturated heterocycles. The highest BCUT2D eigenvalue weighted by molar-refractivity contribution is 5.47. The predicted molar refractivity (Wildman–Crippen MR) is 82.1 cm³/mol. The van der Waals surface area contributed by atoms with Gasteiger partial charge in [-0.2, -0.15) is 0 Å². The molecule has 0 aliphatic carbocycles. The molecule has 2 aromatic carbocycles. The van der Waals surface area contributed by atoms with Crippen LogP contribution in [-0.4, -0.2) is 26.4 Å². The number of ether oxygens (including phenoxy) is 3. The van der Waals surface area contributed by atoms with Gasteiger partial charge in [-0.05, 0) is 24.3 Å². The number of nitrogens with one attached hydrogen (secondary N) is 2. The second-order valence-corrected chi connectivity index (χ2v) is 4.61. The van der Waals surface area contributed by atoms with E-state index >= 15 is 0 Å². The lowest BCUT2D eigenvalue weighted by Gasteiger charge is -2.14. The summed E-state index contributed by atoms with van der Waals surface area (Å²) in [5.41, 5.74) is 4.97. The summed E-state index contributed by atoms with van der Waals surface area (Å²) < 4.78 is 17.0. The molecule has 0 aromatic heterocycles. The Kier molecular flexibility index (Phi) is 5.65. The summed E-state index contributed by atoms with van der Waals surface area (Å²) in [4.78, 5) is 10.5. The van der Waals surface area contributed by atoms with Crippen LogP contribution in [0, 0.1) is 0 Å². The zero-order valence-electron chi connectivity index (χ0n) is 12.5. The van der Waals surface area contributed by atoms with Crippen molar-refractivity contribution in [2.24, 2.45) is 0 Å². The average Bonchev–Trinajstić information content (AvgIpc) is 2.59. The zero-order chi connectivity index (χ0) is 15.7. The summed E-state index contributed by atoms with van der Waals surface area (Å²) >= 11 is 0. The molecule has 1 heterocycles. The first-order valence-electron chi connectivity index (χ1n) is 7.28.